The van der Waals surface area contributed by atoms with Crippen molar-refractivity contribution < 1.29 is 14.3 Å². The fraction of sp³-hybridized carbons (Fsp3) is 0.500. The van der Waals surface area contributed by atoms with Crippen molar-refractivity contribution in [2.24, 2.45) is 5.92 Å². The lowest BCUT2D eigenvalue weighted by Gasteiger charge is -2.27. The maximum absolute atomic E-state index is 12.5. The van der Waals surface area contributed by atoms with E-state index in [1.807, 2.05) is 13.8 Å². The summed E-state index contributed by atoms with van der Waals surface area (Å²) in [7, 11) is 3.27. The van der Waals surface area contributed by atoms with Gasteiger partial charge >= 0.3 is 0 Å². The van der Waals surface area contributed by atoms with E-state index in [9.17, 15) is 9.59 Å². The van der Waals surface area contributed by atoms with Crippen LogP contribution in [0.1, 0.15) is 26.3 Å². The molecular formula is C16H23ClN2O3. The Kier molecular flexibility index (Phi) is 6.68. The largest absolute Gasteiger partial charge is 0.496 e. The van der Waals surface area contributed by atoms with E-state index >= 15 is 0 Å². The number of hydrogen-bond acceptors (Lipinski definition) is 3. The summed E-state index contributed by atoms with van der Waals surface area (Å²) in [6.07, 6.45) is 0. The van der Waals surface area contributed by atoms with Crippen molar-refractivity contribution in [1.82, 2.24) is 10.2 Å². The van der Waals surface area contributed by atoms with Crippen molar-refractivity contribution in [3.8, 4) is 5.75 Å². The predicted octanol–water partition coefficient (Wildman–Crippen LogP) is 2.47. The highest BCUT2D eigenvalue weighted by Crippen LogP contribution is 2.24. The topological polar surface area (TPSA) is 58.6 Å². The van der Waals surface area contributed by atoms with E-state index in [4.69, 9.17) is 16.3 Å². The first-order valence-electron chi connectivity index (χ1n) is 7.10. The zero-order chi connectivity index (χ0) is 16.9. The molecule has 0 aliphatic carbocycles. The number of likely N-dealkylation sites (N-methyl/N-ethyl adjacent to an activating group) is 1. The molecule has 6 heteroatoms. The Morgan fingerprint density at radius 1 is 1.36 bits per heavy atom. The van der Waals surface area contributed by atoms with E-state index in [2.05, 4.69) is 5.32 Å². The number of carbonyl (C=O) groups is 2. The van der Waals surface area contributed by atoms with Crippen LogP contribution < -0.4 is 10.1 Å². The zero-order valence-corrected chi connectivity index (χ0v) is 14.4. The molecule has 2 amide bonds. The minimum absolute atomic E-state index is 0.0000990. The minimum Gasteiger partial charge on any atom is -0.496 e. The molecule has 0 saturated heterocycles. The van der Waals surface area contributed by atoms with Crippen LogP contribution in [-0.2, 0) is 16.1 Å². The Morgan fingerprint density at radius 3 is 2.50 bits per heavy atom. The van der Waals surface area contributed by atoms with Crippen LogP contribution in [0.5, 0.6) is 5.75 Å². The Labute approximate surface area is 136 Å². The summed E-state index contributed by atoms with van der Waals surface area (Å²) in [4.78, 5) is 25.4. The average Bonchev–Trinajstić information content (AvgIpc) is 2.43. The lowest BCUT2D eigenvalue weighted by Crippen LogP contribution is -2.49. The van der Waals surface area contributed by atoms with Gasteiger partial charge in [-0.3, -0.25) is 9.59 Å². The number of carbonyl (C=O) groups excluding carboxylic acids is 2. The highest BCUT2D eigenvalue weighted by molar-refractivity contribution is 6.30. The molecule has 0 fully saturated rings. The lowest BCUT2D eigenvalue weighted by atomic mass is 10.0. The van der Waals surface area contributed by atoms with Gasteiger partial charge in [-0.25, -0.2) is 0 Å². The van der Waals surface area contributed by atoms with E-state index in [0.29, 0.717) is 17.3 Å². The molecule has 0 aromatic heterocycles. The molecule has 1 unspecified atom stereocenters. The third kappa shape index (κ3) is 4.91. The molecule has 22 heavy (non-hydrogen) atoms. The molecule has 1 atom stereocenters. The van der Waals surface area contributed by atoms with Gasteiger partial charge in [-0.1, -0.05) is 25.4 Å². The first kappa shape index (κ1) is 18.3. The Bertz CT molecular complexity index is 546. The zero-order valence-electron chi connectivity index (χ0n) is 13.6. The van der Waals surface area contributed by atoms with Crippen molar-refractivity contribution in [2.75, 3.05) is 14.2 Å². The Balaban J connectivity index is 2.91. The normalized spacial score (nSPS) is 12.0. The highest BCUT2D eigenvalue weighted by Gasteiger charge is 2.26. The molecule has 0 spiro atoms. The summed E-state index contributed by atoms with van der Waals surface area (Å²) in [6, 6.07) is 4.73. The number of hydrogen-bond donors (Lipinski definition) is 1. The van der Waals surface area contributed by atoms with Crippen LogP contribution in [-0.4, -0.2) is 36.9 Å². The maximum Gasteiger partial charge on any atom is 0.245 e. The summed E-state index contributed by atoms with van der Waals surface area (Å²) in [5.41, 5.74) is 0.816. The van der Waals surface area contributed by atoms with Crippen LogP contribution in [0.4, 0.5) is 0 Å². The molecule has 1 N–H and O–H groups in total. The van der Waals surface area contributed by atoms with Crippen LogP contribution in [0.2, 0.25) is 5.02 Å². The molecule has 1 aromatic rings. The van der Waals surface area contributed by atoms with Crippen LogP contribution >= 0.6 is 11.6 Å². The third-order valence-corrected chi connectivity index (χ3v) is 3.55. The lowest BCUT2D eigenvalue weighted by molar-refractivity contribution is -0.136. The van der Waals surface area contributed by atoms with Gasteiger partial charge in [0.2, 0.25) is 11.8 Å². The quantitative estimate of drug-likeness (QED) is 0.873. The van der Waals surface area contributed by atoms with Gasteiger partial charge in [0, 0.05) is 31.1 Å². The number of rotatable bonds is 6. The summed E-state index contributed by atoms with van der Waals surface area (Å²) in [5, 5.41) is 3.28. The second kappa shape index (κ2) is 8.03. The summed E-state index contributed by atoms with van der Waals surface area (Å²) >= 11 is 6.00. The number of halogens is 1. The standard InChI is InChI=1S/C16H23ClN2O3/c1-10(2)15(18-11(3)20)16(21)19(4)9-12-8-13(17)6-7-14(12)22-5/h6-8,10,15H,9H2,1-5H3,(H,18,20). The molecule has 0 bridgehead atoms. The van der Waals surface area contributed by atoms with Gasteiger partial charge in [0.25, 0.3) is 0 Å². The van der Waals surface area contributed by atoms with Gasteiger partial charge in [0.05, 0.1) is 7.11 Å². The molecule has 5 nitrogen and oxygen atoms in total. The van der Waals surface area contributed by atoms with Gasteiger partial charge in [0.15, 0.2) is 0 Å². The van der Waals surface area contributed by atoms with Crippen LogP contribution in [0, 0.1) is 5.92 Å². The fourth-order valence-electron chi connectivity index (χ4n) is 2.17. The minimum atomic E-state index is -0.548. The SMILES string of the molecule is COc1ccc(Cl)cc1CN(C)C(=O)C(NC(C)=O)C(C)C. The fourth-order valence-corrected chi connectivity index (χ4v) is 2.37. The van der Waals surface area contributed by atoms with Crippen molar-refractivity contribution >= 4 is 23.4 Å². The number of benzene rings is 1. The summed E-state index contributed by atoms with van der Waals surface area (Å²) in [5.74, 6) is 0.304. The van der Waals surface area contributed by atoms with Gasteiger partial charge in [-0.05, 0) is 24.1 Å². The van der Waals surface area contributed by atoms with Gasteiger partial charge < -0.3 is 15.0 Å². The summed E-state index contributed by atoms with van der Waals surface area (Å²) < 4.78 is 5.29. The molecule has 0 radical (unpaired) electrons. The number of nitrogens with one attached hydrogen (secondary N) is 1. The van der Waals surface area contributed by atoms with Crippen molar-refractivity contribution in [1.29, 1.82) is 0 Å². The van der Waals surface area contributed by atoms with Crippen LogP contribution in [0.25, 0.3) is 0 Å². The molecule has 1 rings (SSSR count). The number of amides is 2. The number of nitrogens with zero attached hydrogens (tertiary/aromatic N) is 1. The molecule has 122 valence electrons. The molecular weight excluding hydrogens is 304 g/mol. The molecule has 1 aromatic carbocycles. The third-order valence-electron chi connectivity index (χ3n) is 3.32. The first-order valence-corrected chi connectivity index (χ1v) is 7.48. The summed E-state index contributed by atoms with van der Waals surface area (Å²) in [6.45, 7) is 5.55. The van der Waals surface area contributed by atoms with E-state index in [-0.39, 0.29) is 17.7 Å². The van der Waals surface area contributed by atoms with E-state index in [0.717, 1.165) is 5.56 Å². The first-order chi connectivity index (χ1) is 10.3. The Morgan fingerprint density at radius 2 is 2.00 bits per heavy atom. The maximum atomic E-state index is 12.5. The van der Waals surface area contributed by atoms with Gasteiger partial charge in [0.1, 0.15) is 11.8 Å². The van der Waals surface area contributed by atoms with Crippen LogP contribution in [0.15, 0.2) is 18.2 Å². The van der Waals surface area contributed by atoms with Crippen molar-refractivity contribution in [3.05, 3.63) is 28.8 Å². The van der Waals surface area contributed by atoms with Gasteiger partial charge in [-0.15, -0.1) is 0 Å². The van der Waals surface area contributed by atoms with Gasteiger partial charge in [-0.2, -0.15) is 0 Å². The van der Waals surface area contributed by atoms with E-state index in [1.54, 1.807) is 37.3 Å². The van der Waals surface area contributed by atoms with E-state index in [1.165, 1.54) is 6.92 Å². The number of methoxy groups -OCH3 is 1. The van der Waals surface area contributed by atoms with Crippen molar-refractivity contribution in [3.63, 3.8) is 0 Å². The second-order valence-corrected chi connectivity index (χ2v) is 6.01. The monoisotopic (exact) mass is 326 g/mol. The number of ether oxygens (including phenoxy) is 1. The average molecular weight is 327 g/mol. The smallest absolute Gasteiger partial charge is 0.245 e. The molecule has 0 aliphatic rings. The highest BCUT2D eigenvalue weighted by atomic mass is 35.5. The molecule has 0 saturated carbocycles. The van der Waals surface area contributed by atoms with Crippen molar-refractivity contribution in [2.45, 2.75) is 33.4 Å². The second-order valence-electron chi connectivity index (χ2n) is 5.57. The predicted molar refractivity (Wildman–Crippen MR) is 86.9 cm³/mol. The Hall–Kier alpha value is -1.75. The molecule has 0 aliphatic heterocycles. The molecule has 0 heterocycles. The van der Waals surface area contributed by atoms with Crippen LogP contribution in [0.3, 0.4) is 0 Å². The van der Waals surface area contributed by atoms with E-state index < -0.39 is 6.04 Å².